The maximum absolute atomic E-state index is 13.1. The minimum Gasteiger partial charge on any atom is -0.451 e. The predicted molar refractivity (Wildman–Crippen MR) is 110 cm³/mol. The molecule has 5 heteroatoms. The van der Waals surface area contributed by atoms with Gasteiger partial charge in [-0.05, 0) is 66.8 Å². The molecule has 5 rings (SSSR count). The number of furan rings is 1. The van der Waals surface area contributed by atoms with E-state index < -0.39 is 0 Å². The van der Waals surface area contributed by atoms with E-state index in [-0.39, 0.29) is 11.7 Å². The molecule has 0 radical (unpaired) electrons. The van der Waals surface area contributed by atoms with Gasteiger partial charge < -0.3 is 14.3 Å². The zero-order chi connectivity index (χ0) is 19.8. The van der Waals surface area contributed by atoms with Crippen molar-refractivity contribution in [1.29, 1.82) is 0 Å². The highest BCUT2D eigenvalue weighted by molar-refractivity contribution is 5.92. The number of para-hydroxylation sites is 1. The van der Waals surface area contributed by atoms with Crippen molar-refractivity contribution in [3.8, 4) is 11.3 Å². The Balaban J connectivity index is 1.26. The van der Waals surface area contributed by atoms with Gasteiger partial charge in [0, 0.05) is 35.8 Å². The number of nitrogens with one attached hydrogen (secondary N) is 1. The number of carbonyl (C=O) groups excluding carboxylic acids is 1. The van der Waals surface area contributed by atoms with E-state index in [1.54, 1.807) is 24.3 Å². The van der Waals surface area contributed by atoms with E-state index in [2.05, 4.69) is 23.2 Å². The lowest BCUT2D eigenvalue weighted by atomic mass is 9.93. The maximum Gasteiger partial charge on any atom is 0.289 e. The van der Waals surface area contributed by atoms with Crippen molar-refractivity contribution in [2.24, 2.45) is 0 Å². The Morgan fingerprint density at radius 2 is 1.76 bits per heavy atom. The molecule has 1 saturated heterocycles. The van der Waals surface area contributed by atoms with Crippen LogP contribution in [0.4, 0.5) is 4.39 Å². The maximum atomic E-state index is 13.1. The van der Waals surface area contributed by atoms with E-state index in [0.29, 0.717) is 30.5 Å². The number of aromatic nitrogens is 1. The molecular formula is C24H21FN2O2. The molecule has 4 aromatic rings. The molecule has 0 aliphatic carbocycles. The lowest BCUT2D eigenvalue weighted by Crippen LogP contribution is -2.37. The molecular weight excluding hydrogens is 367 g/mol. The van der Waals surface area contributed by atoms with Gasteiger partial charge in [-0.15, -0.1) is 0 Å². The number of nitrogens with zero attached hydrogens (tertiary/aromatic N) is 1. The van der Waals surface area contributed by atoms with Gasteiger partial charge in [0.15, 0.2) is 5.76 Å². The molecule has 2 aromatic heterocycles. The quantitative estimate of drug-likeness (QED) is 0.498. The van der Waals surface area contributed by atoms with Crippen LogP contribution < -0.4 is 0 Å². The van der Waals surface area contributed by atoms with Gasteiger partial charge in [-0.1, -0.05) is 18.2 Å². The zero-order valence-electron chi connectivity index (χ0n) is 15.9. The molecule has 3 heterocycles. The minimum absolute atomic E-state index is 0.0894. The first-order chi connectivity index (χ1) is 14.2. The van der Waals surface area contributed by atoms with Gasteiger partial charge in [-0.25, -0.2) is 4.39 Å². The lowest BCUT2D eigenvalue weighted by Gasteiger charge is -2.31. The van der Waals surface area contributed by atoms with Gasteiger partial charge in [-0.3, -0.25) is 4.79 Å². The van der Waals surface area contributed by atoms with E-state index in [9.17, 15) is 9.18 Å². The van der Waals surface area contributed by atoms with Crippen molar-refractivity contribution in [2.45, 2.75) is 18.8 Å². The number of H-pyrrole nitrogens is 1. The average molecular weight is 388 g/mol. The summed E-state index contributed by atoms with van der Waals surface area (Å²) < 4.78 is 18.9. The van der Waals surface area contributed by atoms with Crippen molar-refractivity contribution >= 4 is 16.8 Å². The molecule has 1 aliphatic rings. The molecule has 1 aliphatic heterocycles. The van der Waals surface area contributed by atoms with E-state index in [0.717, 1.165) is 23.9 Å². The number of hydrogen-bond acceptors (Lipinski definition) is 2. The molecule has 29 heavy (non-hydrogen) atoms. The van der Waals surface area contributed by atoms with Crippen LogP contribution in [-0.2, 0) is 0 Å². The minimum atomic E-state index is -0.297. The summed E-state index contributed by atoms with van der Waals surface area (Å²) in [5.74, 6) is 0.940. The highest BCUT2D eigenvalue weighted by atomic mass is 19.1. The lowest BCUT2D eigenvalue weighted by molar-refractivity contribution is 0.0681. The van der Waals surface area contributed by atoms with Crippen molar-refractivity contribution < 1.29 is 13.6 Å². The molecule has 0 saturated carbocycles. The van der Waals surface area contributed by atoms with Crippen molar-refractivity contribution in [3.05, 3.63) is 84.0 Å². The van der Waals surface area contributed by atoms with Gasteiger partial charge in [-0.2, -0.15) is 0 Å². The highest BCUT2D eigenvalue weighted by Gasteiger charge is 2.27. The second-order valence-corrected chi connectivity index (χ2v) is 7.55. The largest absolute Gasteiger partial charge is 0.451 e. The van der Waals surface area contributed by atoms with Crippen molar-refractivity contribution in [2.75, 3.05) is 13.1 Å². The second kappa shape index (κ2) is 7.24. The summed E-state index contributed by atoms with van der Waals surface area (Å²) in [5, 5.41) is 1.23. The molecule has 0 bridgehead atoms. The first-order valence-corrected chi connectivity index (χ1v) is 9.90. The topological polar surface area (TPSA) is 49.2 Å². The Bertz CT molecular complexity index is 1120. The number of piperidine rings is 1. The number of benzene rings is 2. The number of likely N-dealkylation sites (tertiary alicyclic amines) is 1. The number of hydrogen-bond donors (Lipinski definition) is 1. The fraction of sp³-hybridized carbons (Fsp3) is 0.208. The van der Waals surface area contributed by atoms with Gasteiger partial charge >= 0.3 is 0 Å². The van der Waals surface area contributed by atoms with Crippen LogP contribution in [0.15, 0.2) is 71.1 Å². The molecule has 4 nitrogen and oxygen atoms in total. The fourth-order valence-electron chi connectivity index (χ4n) is 4.09. The molecule has 1 amide bonds. The van der Waals surface area contributed by atoms with Crippen LogP contribution in [0.25, 0.3) is 22.2 Å². The fourth-order valence-corrected chi connectivity index (χ4v) is 4.09. The van der Waals surface area contributed by atoms with Crippen LogP contribution in [0.3, 0.4) is 0 Å². The summed E-state index contributed by atoms with van der Waals surface area (Å²) in [6.07, 6.45) is 1.84. The number of carbonyl (C=O) groups is 1. The van der Waals surface area contributed by atoms with Crippen LogP contribution in [0.2, 0.25) is 0 Å². The highest BCUT2D eigenvalue weighted by Crippen LogP contribution is 2.31. The number of aromatic amines is 1. The Kier molecular flexibility index (Phi) is 4.43. The Hall–Kier alpha value is -3.34. The molecule has 0 unspecified atom stereocenters. The smallest absolute Gasteiger partial charge is 0.289 e. The monoisotopic (exact) mass is 388 g/mol. The third-order valence-electron chi connectivity index (χ3n) is 5.72. The van der Waals surface area contributed by atoms with Gasteiger partial charge in [0.2, 0.25) is 0 Å². The number of halogens is 1. The summed E-state index contributed by atoms with van der Waals surface area (Å²) in [7, 11) is 0. The third-order valence-corrected chi connectivity index (χ3v) is 5.72. The summed E-state index contributed by atoms with van der Waals surface area (Å²) in [6, 6.07) is 20.0. The molecule has 146 valence electrons. The summed E-state index contributed by atoms with van der Waals surface area (Å²) in [5.41, 5.74) is 3.16. The average Bonchev–Trinajstić information content (AvgIpc) is 3.41. The zero-order valence-corrected chi connectivity index (χ0v) is 15.9. The Labute approximate surface area is 168 Å². The second-order valence-electron chi connectivity index (χ2n) is 7.55. The molecule has 2 aromatic carbocycles. The first kappa shape index (κ1) is 17.7. The summed E-state index contributed by atoms with van der Waals surface area (Å²) >= 11 is 0. The molecule has 0 atom stereocenters. The van der Waals surface area contributed by atoms with Gasteiger partial charge in [0.05, 0.1) is 0 Å². The van der Waals surface area contributed by atoms with Crippen molar-refractivity contribution in [3.63, 3.8) is 0 Å². The van der Waals surface area contributed by atoms with E-state index in [1.165, 1.54) is 23.2 Å². The van der Waals surface area contributed by atoms with Gasteiger partial charge in [0.25, 0.3) is 5.91 Å². The van der Waals surface area contributed by atoms with Gasteiger partial charge in [0.1, 0.15) is 11.6 Å². The van der Waals surface area contributed by atoms with Crippen molar-refractivity contribution in [1.82, 2.24) is 9.88 Å². The van der Waals surface area contributed by atoms with E-state index >= 15 is 0 Å². The molecule has 0 spiro atoms. The van der Waals surface area contributed by atoms with Crippen LogP contribution in [0.1, 0.15) is 35.0 Å². The van der Waals surface area contributed by atoms with E-state index in [1.807, 2.05) is 17.0 Å². The summed E-state index contributed by atoms with van der Waals surface area (Å²) in [6.45, 7) is 1.40. The van der Waals surface area contributed by atoms with Crippen LogP contribution in [0, 0.1) is 5.82 Å². The number of rotatable bonds is 3. The Morgan fingerprint density at radius 1 is 1.00 bits per heavy atom. The Morgan fingerprint density at radius 3 is 2.52 bits per heavy atom. The number of amides is 1. The van der Waals surface area contributed by atoms with Crippen LogP contribution >= 0.6 is 0 Å². The SMILES string of the molecule is O=C(c1ccc(-c2ccc(F)cc2)o1)N1CCC(c2cc3ccccc3[nH]2)CC1. The molecule has 1 fully saturated rings. The summed E-state index contributed by atoms with van der Waals surface area (Å²) in [4.78, 5) is 18.2. The number of fused-ring (bicyclic) bond motifs is 1. The standard InChI is InChI=1S/C24H21FN2O2/c25-19-7-5-17(6-8-19)22-9-10-23(29-22)24(28)27-13-11-16(12-14-27)21-15-18-3-1-2-4-20(18)26-21/h1-10,15-16,26H,11-14H2. The first-order valence-electron chi connectivity index (χ1n) is 9.90. The van der Waals surface area contributed by atoms with Crippen LogP contribution in [0.5, 0.6) is 0 Å². The third kappa shape index (κ3) is 3.44. The molecule has 1 N–H and O–H groups in total. The predicted octanol–water partition coefficient (Wildman–Crippen LogP) is 5.59. The van der Waals surface area contributed by atoms with E-state index in [4.69, 9.17) is 4.42 Å². The normalized spacial score (nSPS) is 15.1. The van der Waals surface area contributed by atoms with Crippen LogP contribution in [-0.4, -0.2) is 28.9 Å².